The Morgan fingerprint density at radius 3 is 2.62 bits per heavy atom. The van der Waals surface area contributed by atoms with Crippen LogP contribution in [-0.2, 0) is 0 Å². The minimum absolute atomic E-state index is 0.346. The molecule has 0 aliphatic rings. The fraction of sp³-hybridized carbons (Fsp3) is 0.167. The van der Waals surface area contributed by atoms with Crippen molar-refractivity contribution in [1.29, 1.82) is 0 Å². The Balaban J connectivity index is 1.70. The maximum absolute atomic E-state index is 11.2. The van der Waals surface area contributed by atoms with Crippen LogP contribution >= 0.6 is 11.6 Å². The molecular weight excluding hydrogens is 356 g/mol. The Hall–Kier alpha value is -3.06. The number of nitrogens with two attached hydrogens (primary N) is 1. The molecule has 0 spiro atoms. The lowest BCUT2D eigenvalue weighted by atomic mass is 10.2. The number of anilines is 1. The van der Waals surface area contributed by atoms with E-state index in [4.69, 9.17) is 26.5 Å². The molecule has 2 aromatic carbocycles. The van der Waals surface area contributed by atoms with Crippen molar-refractivity contribution in [3.8, 4) is 17.2 Å². The Kier molecular flexibility index (Phi) is 5.09. The van der Waals surface area contributed by atoms with Gasteiger partial charge in [-0.1, -0.05) is 17.7 Å². The van der Waals surface area contributed by atoms with Crippen molar-refractivity contribution in [1.82, 2.24) is 10.2 Å². The molecule has 0 bridgehead atoms. The molecule has 0 unspecified atom stereocenters. The highest BCUT2D eigenvalue weighted by Crippen LogP contribution is 2.27. The topological polar surface area (TPSA) is 94.5 Å². The van der Waals surface area contributed by atoms with Crippen molar-refractivity contribution in [3.05, 3.63) is 59.4 Å². The standard InChI is InChI=1S/C18H17ClN4O3/c1-11(25-15-8-6-14(7-9-15)23(2)18(20)24)16-21-22-17(26-16)12-4-3-5-13(19)10-12/h3-11H,1-2H3,(H2,20,24)/t11-/m0/s1. The molecule has 7 nitrogen and oxygen atoms in total. The first-order chi connectivity index (χ1) is 12.4. The Morgan fingerprint density at radius 2 is 1.96 bits per heavy atom. The van der Waals surface area contributed by atoms with Crippen LogP contribution in [0.5, 0.6) is 5.75 Å². The summed E-state index contributed by atoms with van der Waals surface area (Å²) in [5, 5.41) is 8.66. The van der Waals surface area contributed by atoms with Gasteiger partial charge in [-0.15, -0.1) is 10.2 Å². The molecule has 26 heavy (non-hydrogen) atoms. The number of primary amides is 1. The monoisotopic (exact) mass is 372 g/mol. The van der Waals surface area contributed by atoms with Gasteiger partial charge in [-0.2, -0.15) is 0 Å². The van der Waals surface area contributed by atoms with Gasteiger partial charge in [0.05, 0.1) is 0 Å². The number of ether oxygens (including phenoxy) is 1. The largest absolute Gasteiger partial charge is 0.481 e. The molecule has 0 radical (unpaired) electrons. The van der Waals surface area contributed by atoms with Crippen LogP contribution in [0.25, 0.3) is 11.5 Å². The van der Waals surface area contributed by atoms with Gasteiger partial charge < -0.3 is 14.9 Å². The maximum atomic E-state index is 11.2. The van der Waals surface area contributed by atoms with Crippen LogP contribution in [0, 0.1) is 0 Å². The number of aromatic nitrogens is 2. The number of rotatable bonds is 5. The highest BCUT2D eigenvalue weighted by molar-refractivity contribution is 6.30. The number of carbonyl (C=O) groups excluding carboxylic acids is 1. The van der Waals surface area contributed by atoms with Crippen LogP contribution in [-0.4, -0.2) is 23.3 Å². The normalized spacial score (nSPS) is 11.8. The van der Waals surface area contributed by atoms with Gasteiger partial charge in [-0.25, -0.2) is 4.79 Å². The molecule has 0 saturated carbocycles. The second kappa shape index (κ2) is 7.45. The molecule has 2 N–H and O–H groups in total. The van der Waals surface area contributed by atoms with Gasteiger partial charge in [0.15, 0.2) is 6.10 Å². The molecule has 3 rings (SSSR count). The lowest BCUT2D eigenvalue weighted by Crippen LogP contribution is -2.31. The summed E-state index contributed by atoms with van der Waals surface area (Å²) in [4.78, 5) is 12.5. The lowest BCUT2D eigenvalue weighted by Gasteiger charge is -2.15. The summed E-state index contributed by atoms with van der Waals surface area (Å²) in [7, 11) is 1.59. The first-order valence-corrected chi connectivity index (χ1v) is 8.21. The minimum atomic E-state index is -0.536. The fourth-order valence-corrected chi connectivity index (χ4v) is 2.46. The number of urea groups is 1. The zero-order chi connectivity index (χ0) is 18.7. The van der Waals surface area contributed by atoms with E-state index >= 15 is 0 Å². The second-order valence-corrected chi connectivity index (χ2v) is 6.04. The SMILES string of the molecule is C[C@H](Oc1ccc(N(C)C(N)=O)cc1)c1nnc(-c2cccc(Cl)c2)o1. The zero-order valence-corrected chi connectivity index (χ0v) is 15.0. The summed E-state index contributed by atoms with van der Waals surface area (Å²) in [5.41, 5.74) is 6.65. The van der Waals surface area contributed by atoms with Gasteiger partial charge in [-0.3, -0.25) is 4.90 Å². The van der Waals surface area contributed by atoms with Crippen LogP contribution in [0.2, 0.25) is 5.02 Å². The van der Waals surface area contributed by atoms with Crippen molar-refractivity contribution in [2.24, 2.45) is 5.73 Å². The van der Waals surface area contributed by atoms with Gasteiger partial charge in [0.2, 0.25) is 5.89 Å². The fourth-order valence-electron chi connectivity index (χ4n) is 2.27. The molecule has 1 aromatic heterocycles. The Bertz CT molecular complexity index is 911. The van der Waals surface area contributed by atoms with Crippen LogP contribution in [0.3, 0.4) is 0 Å². The highest BCUT2D eigenvalue weighted by atomic mass is 35.5. The predicted octanol–water partition coefficient (Wildman–Crippen LogP) is 4.04. The quantitative estimate of drug-likeness (QED) is 0.729. The van der Waals surface area contributed by atoms with Gasteiger partial charge in [-0.05, 0) is 49.4 Å². The Morgan fingerprint density at radius 1 is 1.23 bits per heavy atom. The first-order valence-electron chi connectivity index (χ1n) is 7.83. The number of hydrogen-bond acceptors (Lipinski definition) is 5. The van der Waals surface area contributed by atoms with E-state index in [1.54, 1.807) is 50.4 Å². The van der Waals surface area contributed by atoms with E-state index in [0.29, 0.717) is 28.2 Å². The van der Waals surface area contributed by atoms with Crippen LogP contribution in [0.4, 0.5) is 10.5 Å². The van der Waals surface area contributed by atoms with Crippen molar-refractivity contribution >= 4 is 23.3 Å². The predicted molar refractivity (Wildman–Crippen MR) is 98.2 cm³/mol. The highest BCUT2D eigenvalue weighted by Gasteiger charge is 2.17. The summed E-state index contributed by atoms with van der Waals surface area (Å²) in [6, 6.07) is 13.6. The summed E-state index contributed by atoms with van der Waals surface area (Å²) in [6.45, 7) is 1.80. The number of hydrogen-bond donors (Lipinski definition) is 1. The zero-order valence-electron chi connectivity index (χ0n) is 14.2. The smallest absolute Gasteiger partial charge is 0.318 e. The third-order valence-electron chi connectivity index (χ3n) is 3.73. The molecule has 1 atom stereocenters. The molecule has 1 heterocycles. The summed E-state index contributed by atoms with van der Waals surface area (Å²) in [6.07, 6.45) is -0.449. The molecule has 3 aromatic rings. The second-order valence-electron chi connectivity index (χ2n) is 5.61. The van der Waals surface area contributed by atoms with E-state index in [2.05, 4.69) is 10.2 Å². The molecular formula is C18H17ClN4O3. The van der Waals surface area contributed by atoms with Gasteiger partial charge >= 0.3 is 6.03 Å². The van der Waals surface area contributed by atoms with E-state index in [9.17, 15) is 4.79 Å². The summed E-state index contributed by atoms with van der Waals surface area (Å²) >= 11 is 5.98. The van der Waals surface area contributed by atoms with Gasteiger partial charge in [0, 0.05) is 23.3 Å². The van der Waals surface area contributed by atoms with Crippen LogP contribution in [0.1, 0.15) is 18.9 Å². The average Bonchev–Trinajstić information content (AvgIpc) is 3.12. The van der Waals surface area contributed by atoms with Crippen molar-refractivity contribution < 1.29 is 13.9 Å². The first kappa shape index (κ1) is 17.8. The minimum Gasteiger partial charge on any atom is -0.481 e. The third-order valence-corrected chi connectivity index (χ3v) is 3.96. The van der Waals surface area contributed by atoms with Gasteiger partial charge in [0.25, 0.3) is 5.89 Å². The third kappa shape index (κ3) is 3.94. The van der Waals surface area contributed by atoms with E-state index in [0.717, 1.165) is 5.56 Å². The maximum Gasteiger partial charge on any atom is 0.318 e. The van der Waals surface area contributed by atoms with Crippen LogP contribution in [0.15, 0.2) is 52.9 Å². The molecule has 0 fully saturated rings. The number of halogens is 1. The number of amides is 2. The number of benzene rings is 2. The van der Waals surface area contributed by atoms with Crippen molar-refractivity contribution in [2.45, 2.75) is 13.0 Å². The number of carbonyl (C=O) groups is 1. The summed E-state index contributed by atoms with van der Waals surface area (Å²) in [5.74, 6) is 1.32. The molecule has 0 aliphatic heterocycles. The average molecular weight is 373 g/mol. The van der Waals surface area contributed by atoms with Crippen LogP contribution < -0.4 is 15.4 Å². The van der Waals surface area contributed by atoms with E-state index in [-0.39, 0.29) is 0 Å². The van der Waals surface area contributed by atoms with Gasteiger partial charge in [0.1, 0.15) is 5.75 Å². The molecule has 8 heteroatoms. The molecule has 2 amide bonds. The van der Waals surface area contributed by atoms with Crippen molar-refractivity contribution in [3.63, 3.8) is 0 Å². The lowest BCUT2D eigenvalue weighted by molar-refractivity contribution is 0.189. The molecule has 0 aliphatic carbocycles. The number of nitrogens with zero attached hydrogens (tertiary/aromatic N) is 3. The van der Waals surface area contributed by atoms with E-state index < -0.39 is 12.1 Å². The molecule has 0 saturated heterocycles. The Labute approximate surface area is 155 Å². The van der Waals surface area contributed by atoms with E-state index in [1.165, 1.54) is 4.90 Å². The molecule has 134 valence electrons. The van der Waals surface area contributed by atoms with E-state index in [1.807, 2.05) is 12.1 Å². The van der Waals surface area contributed by atoms with Crippen molar-refractivity contribution in [2.75, 3.05) is 11.9 Å². The summed E-state index contributed by atoms with van der Waals surface area (Å²) < 4.78 is 11.5.